The molecule has 1 aliphatic rings. The van der Waals surface area contributed by atoms with Crippen LogP contribution in [0.2, 0.25) is 5.02 Å². The molecule has 0 radical (unpaired) electrons. The highest BCUT2D eigenvalue weighted by Crippen LogP contribution is 2.45. The second kappa shape index (κ2) is 13.2. The number of nitrogens with one attached hydrogen (secondary N) is 1. The number of halogens is 1. The fraction of sp³-hybridized carbons (Fsp3) is 0.455. The number of nitrogens with zero attached hydrogens (tertiary/aromatic N) is 1. The van der Waals surface area contributed by atoms with Gasteiger partial charge in [0.15, 0.2) is 17.8 Å². The summed E-state index contributed by atoms with van der Waals surface area (Å²) >= 11 is 6.15. The summed E-state index contributed by atoms with van der Waals surface area (Å²) < 4.78 is 32.7. The van der Waals surface area contributed by atoms with Crippen molar-refractivity contribution in [3.63, 3.8) is 0 Å². The van der Waals surface area contributed by atoms with E-state index in [2.05, 4.69) is 4.72 Å². The SMILES string of the molecule is COc1cc(C(=O)CCC(C)(O)c2cc3c(c(-c4ccc(Cl)cc4)n2)OCC3(C)NS(=O)C(C)(C)C)ccc1CO[C@@H](C)O. The lowest BCUT2D eigenvalue weighted by Crippen LogP contribution is -2.47. The van der Waals surface area contributed by atoms with Crippen molar-refractivity contribution in [1.82, 2.24) is 9.71 Å². The van der Waals surface area contributed by atoms with Crippen LogP contribution in [0.25, 0.3) is 11.3 Å². The van der Waals surface area contributed by atoms with E-state index in [1.165, 1.54) is 14.0 Å². The van der Waals surface area contributed by atoms with E-state index < -0.39 is 33.2 Å². The van der Waals surface area contributed by atoms with Crippen LogP contribution in [0.15, 0.2) is 48.5 Å². The molecule has 1 aliphatic heterocycles. The quantitative estimate of drug-likeness (QED) is 0.167. The zero-order chi connectivity index (χ0) is 32.4. The average Bonchev–Trinajstić information content (AvgIpc) is 3.30. The van der Waals surface area contributed by atoms with Gasteiger partial charge < -0.3 is 24.4 Å². The summed E-state index contributed by atoms with van der Waals surface area (Å²) in [5, 5.41) is 21.8. The van der Waals surface area contributed by atoms with Crippen LogP contribution in [0.5, 0.6) is 11.5 Å². The van der Waals surface area contributed by atoms with Gasteiger partial charge in [-0.15, -0.1) is 0 Å². The van der Waals surface area contributed by atoms with Gasteiger partial charge in [-0.3, -0.25) is 4.79 Å². The van der Waals surface area contributed by atoms with Crippen LogP contribution in [-0.2, 0) is 33.5 Å². The molecule has 1 aromatic heterocycles. The average molecular weight is 645 g/mol. The summed E-state index contributed by atoms with van der Waals surface area (Å²) in [6.45, 7) is 11.1. The van der Waals surface area contributed by atoms with Crippen molar-refractivity contribution in [2.24, 2.45) is 0 Å². The Hall–Kier alpha value is -2.86. The molecule has 2 aromatic carbocycles. The topological polar surface area (TPSA) is 127 Å². The second-order valence-electron chi connectivity index (χ2n) is 12.5. The number of pyridine rings is 1. The molecule has 2 heterocycles. The molecule has 0 spiro atoms. The number of methoxy groups -OCH3 is 1. The van der Waals surface area contributed by atoms with E-state index in [-0.39, 0.29) is 31.8 Å². The largest absolute Gasteiger partial charge is 0.496 e. The van der Waals surface area contributed by atoms with Crippen molar-refractivity contribution in [3.05, 3.63) is 75.9 Å². The summed E-state index contributed by atoms with van der Waals surface area (Å²) in [4.78, 5) is 18.1. The summed E-state index contributed by atoms with van der Waals surface area (Å²) in [6, 6.07) is 14.0. The molecule has 238 valence electrons. The Balaban J connectivity index is 1.65. The van der Waals surface area contributed by atoms with Gasteiger partial charge in [0.05, 0.1) is 40.7 Å². The number of ether oxygens (including phenoxy) is 3. The molecule has 11 heteroatoms. The Morgan fingerprint density at radius 3 is 2.48 bits per heavy atom. The molecule has 9 nitrogen and oxygen atoms in total. The second-order valence-corrected chi connectivity index (χ2v) is 14.9. The molecule has 0 saturated heterocycles. The molecule has 3 N–H and O–H groups in total. The number of Topliss-reactive ketones (excluding diaryl/α,β-unsaturated/α-hetero) is 1. The van der Waals surface area contributed by atoms with Crippen molar-refractivity contribution in [2.45, 2.75) is 83.2 Å². The van der Waals surface area contributed by atoms with Crippen LogP contribution in [0.1, 0.15) is 81.6 Å². The number of carbonyl (C=O) groups is 1. The molecule has 0 saturated carbocycles. The first-order chi connectivity index (χ1) is 20.5. The highest BCUT2D eigenvalue weighted by atomic mass is 35.5. The lowest BCUT2D eigenvalue weighted by molar-refractivity contribution is -0.0942. The van der Waals surface area contributed by atoms with E-state index in [0.717, 1.165) is 11.1 Å². The van der Waals surface area contributed by atoms with E-state index in [0.29, 0.717) is 39.0 Å². The fourth-order valence-corrected chi connectivity index (χ4v) is 5.79. The van der Waals surface area contributed by atoms with E-state index in [1.807, 2.05) is 39.8 Å². The van der Waals surface area contributed by atoms with Crippen LogP contribution >= 0.6 is 11.6 Å². The number of aromatic nitrogens is 1. The van der Waals surface area contributed by atoms with Crippen LogP contribution in [0.3, 0.4) is 0 Å². The number of ketones is 1. The number of rotatable bonds is 12. The predicted octanol–water partition coefficient (Wildman–Crippen LogP) is 5.80. The molecule has 4 rings (SSSR count). The maximum atomic E-state index is 13.3. The van der Waals surface area contributed by atoms with Crippen molar-refractivity contribution >= 4 is 28.4 Å². The third-order valence-electron chi connectivity index (χ3n) is 7.54. The molecular weight excluding hydrogens is 604 g/mol. The molecule has 0 aliphatic carbocycles. The number of hydrogen-bond donors (Lipinski definition) is 3. The molecular formula is C33H41ClN2O7S. The van der Waals surface area contributed by atoms with Crippen molar-refractivity contribution in [1.29, 1.82) is 0 Å². The van der Waals surface area contributed by atoms with E-state index in [9.17, 15) is 19.2 Å². The van der Waals surface area contributed by atoms with Crippen LogP contribution in [0, 0.1) is 0 Å². The van der Waals surface area contributed by atoms with Gasteiger partial charge in [-0.25, -0.2) is 13.9 Å². The molecule has 4 atom stereocenters. The Morgan fingerprint density at radius 2 is 1.86 bits per heavy atom. The fourth-order valence-electron chi connectivity index (χ4n) is 4.78. The van der Waals surface area contributed by atoms with Crippen LogP contribution in [0.4, 0.5) is 0 Å². The standard InChI is InChI=1S/C33H41ClN2O7S/c1-20(37)42-18-23-9-8-22(16-27(23)41-7)26(38)14-15-33(6,39)28-17-25-30(29(35-28)21-10-12-24(34)13-11-21)43-19-32(25,5)36-44(40)31(2,3)4/h8-13,16-17,20,36-37,39H,14-15,18-19H2,1-7H3/t20-,32?,33?,44?/m0/s1. The molecule has 44 heavy (non-hydrogen) atoms. The monoisotopic (exact) mass is 644 g/mol. The highest BCUT2D eigenvalue weighted by molar-refractivity contribution is 7.84. The first-order valence-electron chi connectivity index (χ1n) is 14.4. The van der Waals surface area contributed by atoms with Crippen molar-refractivity contribution in [3.8, 4) is 22.8 Å². The molecule has 0 bridgehead atoms. The Morgan fingerprint density at radius 1 is 1.18 bits per heavy atom. The smallest absolute Gasteiger partial charge is 0.163 e. The summed E-state index contributed by atoms with van der Waals surface area (Å²) in [5.74, 6) is 0.826. The molecule has 0 fully saturated rings. The van der Waals surface area contributed by atoms with Gasteiger partial charge in [-0.2, -0.15) is 0 Å². The lowest BCUT2D eigenvalue weighted by atomic mass is 9.88. The zero-order valence-corrected chi connectivity index (χ0v) is 27.8. The minimum absolute atomic E-state index is 0.0365. The number of carbonyl (C=O) groups excluding carboxylic acids is 1. The third kappa shape index (κ3) is 7.67. The normalized spacial score (nSPS) is 19.0. The van der Waals surface area contributed by atoms with Gasteiger partial charge in [-0.05, 0) is 72.2 Å². The zero-order valence-electron chi connectivity index (χ0n) is 26.2. The minimum Gasteiger partial charge on any atom is -0.496 e. The first kappa shape index (κ1) is 34.0. The summed E-state index contributed by atoms with van der Waals surface area (Å²) in [5.41, 5.74) is 1.15. The molecule has 3 aromatic rings. The number of aliphatic hydroxyl groups excluding tert-OH is 1. The van der Waals surface area contributed by atoms with Crippen LogP contribution in [-0.4, -0.2) is 49.9 Å². The van der Waals surface area contributed by atoms with E-state index in [4.69, 9.17) is 30.8 Å². The Bertz CT molecular complexity index is 1540. The van der Waals surface area contributed by atoms with Crippen LogP contribution < -0.4 is 14.2 Å². The van der Waals surface area contributed by atoms with Gasteiger partial charge in [0.25, 0.3) is 0 Å². The van der Waals surface area contributed by atoms with Gasteiger partial charge in [-0.1, -0.05) is 35.9 Å². The van der Waals surface area contributed by atoms with Gasteiger partial charge in [0.2, 0.25) is 0 Å². The Kier molecular flexibility index (Phi) is 10.2. The highest BCUT2D eigenvalue weighted by Gasteiger charge is 2.43. The summed E-state index contributed by atoms with van der Waals surface area (Å²) in [6.07, 6.45) is -0.808. The molecule has 3 unspecified atom stereocenters. The van der Waals surface area contributed by atoms with E-state index >= 15 is 0 Å². The van der Waals surface area contributed by atoms with E-state index in [1.54, 1.807) is 43.3 Å². The predicted molar refractivity (Wildman–Crippen MR) is 171 cm³/mol. The third-order valence-corrected chi connectivity index (χ3v) is 9.54. The summed E-state index contributed by atoms with van der Waals surface area (Å²) in [7, 11) is 0.101. The van der Waals surface area contributed by atoms with Gasteiger partial charge in [0, 0.05) is 33.7 Å². The number of benzene rings is 2. The number of aliphatic hydroxyl groups is 2. The number of fused-ring (bicyclic) bond motifs is 1. The minimum atomic E-state index is -1.49. The number of hydrogen-bond acceptors (Lipinski definition) is 8. The Labute approximate surface area is 266 Å². The molecule has 0 amide bonds. The van der Waals surface area contributed by atoms with Crippen molar-refractivity contribution < 1.29 is 33.4 Å². The van der Waals surface area contributed by atoms with Gasteiger partial charge in [0.1, 0.15) is 23.7 Å². The first-order valence-corrected chi connectivity index (χ1v) is 15.9. The maximum Gasteiger partial charge on any atom is 0.163 e. The maximum absolute atomic E-state index is 13.3. The van der Waals surface area contributed by atoms with Crippen molar-refractivity contribution in [2.75, 3.05) is 13.7 Å². The van der Waals surface area contributed by atoms with Gasteiger partial charge >= 0.3 is 0 Å². The lowest BCUT2D eigenvalue weighted by Gasteiger charge is -2.30.